The Morgan fingerprint density at radius 3 is 2.44 bits per heavy atom. The van der Waals surface area contributed by atoms with Crippen molar-refractivity contribution < 1.29 is 19.2 Å². The Morgan fingerprint density at radius 1 is 1.39 bits per heavy atom. The highest BCUT2D eigenvalue weighted by molar-refractivity contribution is 6.29. The zero-order chi connectivity index (χ0) is 12.9. The average molecular weight is 270 g/mol. The van der Waals surface area contributed by atoms with Crippen LogP contribution >= 0.6 is 11.6 Å². The van der Waals surface area contributed by atoms with E-state index in [1.807, 2.05) is 12.2 Å². The van der Waals surface area contributed by atoms with E-state index in [4.69, 9.17) is 21.2 Å². The molecule has 3 rings (SSSR count). The van der Waals surface area contributed by atoms with Gasteiger partial charge in [0.2, 0.25) is 0 Å². The van der Waals surface area contributed by atoms with Gasteiger partial charge >= 0.3 is 0 Å². The first-order valence-corrected chi connectivity index (χ1v) is 6.14. The molecule has 3 aliphatic heterocycles. The molecule has 0 spiro atoms. The average Bonchev–Trinajstić information content (AvgIpc) is 2.97. The normalized spacial score (nSPS) is 37.9. The molecule has 3 aliphatic rings. The number of ether oxygens (including phenoxy) is 1. The predicted octanol–water partition coefficient (Wildman–Crippen LogP) is 0.999. The van der Waals surface area contributed by atoms with Gasteiger partial charge < -0.3 is 4.74 Å². The second-order valence-electron chi connectivity index (χ2n) is 4.56. The first-order chi connectivity index (χ1) is 8.59. The summed E-state index contributed by atoms with van der Waals surface area (Å²) in [5.41, 5.74) is 0. The van der Waals surface area contributed by atoms with Gasteiger partial charge in [-0.2, -0.15) is 5.06 Å². The largest absolute Gasteiger partial charge is 0.365 e. The lowest BCUT2D eigenvalue weighted by molar-refractivity contribution is -0.188. The molecular formula is C12H12ClNO4. The van der Waals surface area contributed by atoms with E-state index in [0.717, 1.165) is 5.06 Å². The Labute approximate surface area is 109 Å². The number of nitrogens with zero attached hydrogens (tertiary/aromatic N) is 1. The van der Waals surface area contributed by atoms with Gasteiger partial charge in [-0.3, -0.25) is 14.4 Å². The minimum Gasteiger partial charge on any atom is -0.365 e. The zero-order valence-corrected chi connectivity index (χ0v) is 10.5. The maximum absolute atomic E-state index is 12.1. The highest BCUT2D eigenvalue weighted by Gasteiger charge is 2.61. The lowest BCUT2D eigenvalue weighted by Crippen LogP contribution is -2.34. The summed E-state index contributed by atoms with van der Waals surface area (Å²) in [6.07, 6.45) is 4.71. The molecule has 6 heteroatoms. The summed E-state index contributed by atoms with van der Waals surface area (Å²) in [5.74, 6) is -1.48. The van der Waals surface area contributed by atoms with E-state index in [1.165, 1.54) is 0 Å². The topological polar surface area (TPSA) is 55.8 Å². The third kappa shape index (κ3) is 1.62. The van der Waals surface area contributed by atoms with E-state index in [-0.39, 0.29) is 30.6 Å². The third-order valence-corrected chi connectivity index (χ3v) is 3.59. The Balaban J connectivity index is 1.74. The molecule has 2 saturated heterocycles. The van der Waals surface area contributed by atoms with Gasteiger partial charge in [-0.1, -0.05) is 23.8 Å². The van der Waals surface area contributed by atoms with Crippen molar-refractivity contribution in [2.75, 3.05) is 6.61 Å². The summed E-state index contributed by atoms with van der Waals surface area (Å²) in [4.78, 5) is 29.3. The minimum absolute atomic E-state index is 0.107. The maximum Gasteiger partial charge on any atom is 0.260 e. The van der Waals surface area contributed by atoms with Crippen LogP contribution in [-0.4, -0.2) is 35.7 Å². The number of fused-ring (bicyclic) bond motifs is 5. The van der Waals surface area contributed by atoms with Crippen LogP contribution < -0.4 is 0 Å². The molecule has 3 heterocycles. The second kappa shape index (κ2) is 4.19. The van der Waals surface area contributed by atoms with E-state index < -0.39 is 11.8 Å². The van der Waals surface area contributed by atoms with Crippen LogP contribution in [0.5, 0.6) is 0 Å². The van der Waals surface area contributed by atoms with E-state index in [2.05, 4.69) is 0 Å². The number of hydroxylamine groups is 2. The monoisotopic (exact) mass is 269 g/mol. The van der Waals surface area contributed by atoms with Crippen molar-refractivity contribution >= 4 is 23.4 Å². The SMILES string of the molecule is C/C(Cl)=C/CON1C(=O)[C@@H]2[C@H](C1=O)[C@H]1C=C[C@H]2O1. The van der Waals surface area contributed by atoms with E-state index >= 15 is 0 Å². The number of carbonyl (C=O) groups is 2. The van der Waals surface area contributed by atoms with Gasteiger partial charge in [-0.15, -0.1) is 0 Å². The molecule has 18 heavy (non-hydrogen) atoms. The van der Waals surface area contributed by atoms with Crippen molar-refractivity contribution in [1.82, 2.24) is 5.06 Å². The maximum atomic E-state index is 12.1. The van der Waals surface area contributed by atoms with Crippen LogP contribution in [0.2, 0.25) is 0 Å². The second-order valence-corrected chi connectivity index (χ2v) is 5.16. The molecule has 2 fully saturated rings. The number of halogens is 1. The fraction of sp³-hybridized carbons (Fsp3) is 0.500. The summed E-state index contributed by atoms with van der Waals surface area (Å²) in [6, 6.07) is 0. The van der Waals surface area contributed by atoms with Crippen LogP contribution in [0.4, 0.5) is 0 Å². The molecule has 2 amide bonds. The molecule has 0 aliphatic carbocycles. The Hall–Kier alpha value is -1.17. The summed E-state index contributed by atoms with van der Waals surface area (Å²) in [6.45, 7) is 1.81. The van der Waals surface area contributed by atoms with Gasteiger partial charge in [0.1, 0.15) is 0 Å². The summed E-state index contributed by atoms with van der Waals surface area (Å²) in [7, 11) is 0. The fourth-order valence-electron chi connectivity index (χ4n) is 2.63. The van der Waals surface area contributed by atoms with Gasteiger partial charge in [0.05, 0.1) is 30.7 Å². The molecule has 0 aromatic carbocycles. The van der Waals surface area contributed by atoms with Crippen molar-refractivity contribution in [1.29, 1.82) is 0 Å². The number of rotatable bonds is 3. The first kappa shape index (κ1) is 11.9. The molecule has 4 atom stereocenters. The lowest BCUT2D eigenvalue weighted by atomic mass is 9.85. The predicted molar refractivity (Wildman–Crippen MR) is 62.2 cm³/mol. The van der Waals surface area contributed by atoms with Gasteiger partial charge in [-0.25, -0.2) is 0 Å². The molecule has 0 radical (unpaired) electrons. The summed E-state index contributed by atoms with van der Waals surface area (Å²) in [5, 5.41) is 1.42. The van der Waals surface area contributed by atoms with Crippen LogP contribution in [-0.2, 0) is 19.2 Å². The van der Waals surface area contributed by atoms with Gasteiger partial charge in [0, 0.05) is 5.03 Å². The molecule has 0 aromatic heterocycles. The quantitative estimate of drug-likeness (QED) is 0.567. The van der Waals surface area contributed by atoms with Crippen LogP contribution in [0.3, 0.4) is 0 Å². The van der Waals surface area contributed by atoms with Gasteiger partial charge in [-0.05, 0) is 13.0 Å². The van der Waals surface area contributed by atoms with E-state index in [9.17, 15) is 9.59 Å². The number of amides is 2. The van der Waals surface area contributed by atoms with E-state index in [0.29, 0.717) is 5.03 Å². The van der Waals surface area contributed by atoms with Crippen molar-refractivity contribution in [2.45, 2.75) is 19.1 Å². The molecule has 0 saturated carbocycles. The minimum atomic E-state index is -0.423. The first-order valence-electron chi connectivity index (χ1n) is 5.76. The van der Waals surface area contributed by atoms with E-state index in [1.54, 1.807) is 13.0 Å². The highest BCUT2D eigenvalue weighted by atomic mass is 35.5. The van der Waals surface area contributed by atoms with Crippen LogP contribution in [0.25, 0.3) is 0 Å². The molecule has 2 bridgehead atoms. The van der Waals surface area contributed by atoms with Crippen LogP contribution in [0.1, 0.15) is 6.92 Å². The molecular weight excluding hydrogens is 258 g/mol. The Kier molecular flexibility index (Phi) is 2.77. The van der Waals surface area contributed by atoms with Crippen LogP contribution in [0.15, 0.2) is 23.3 Å². The number of carbonyl (C=O) groups excluding carboxylic acids is 2. The number of allylic oxidation sites excluding steroid dienone is 1. The zero-order valence-electron chi connectivity index (χ0n) is 9.71. The fourth-order valence-corrected chi connectivity index (χ4v) is 2.69. The third-order valence-electron chi connectivity index (χ3n) is 3.44. The summed E-state index contributed by atoms with van der Waals surface area (Å²) < 4.78 is 5.50. The Morgan fingerprint density at radius 2 is 1.94 bits per heavy atom. The van der Waals surface area contributed by atoms with Crippen molar-refractivity contribution in [3.05, 3.63) is 23.3 Å². The Bertz CT molecular complexity index is 439. The van der Waals surface area contributed by atoms with Crippen molar-refractivity contribution in [3.8, 4) is 0 Å². The van der Waals surface area contributed by atoms with Crippen molar-refractivity contribution in [2.24, 2.45) is 11.8 Å². The standard InChI is InChI=1S/C12H12ClNO4/c1-6(13)4-5-17-14-11(15)9-7-2-3-8(18-7)10(9)12(14)16/h2-4,7-10H,5H2,1H3/b6-4-/t7-,8-,9-,10+/m1/s1. The van der Waals surface area contributed by atoms with Crippen molar-refractivity contribution in [3.63, 3.8) is 0 Å². The molecule has 0 N–H and O–H groups in total. The number of hydrogen-bond acceptors (Lipinski definition) is 4. The molecule has 0 unspecified atom stereocenters. The van der Waals surface area contributed by atoms with Gasteiger partial charge in [0.25, 0.3) is 11.8 Å². The van der Waals surface area contributed by atoms with Gasteiger partial charge in [0.15, 0.2) is 0 Å². The smallest absolute Gasteiger partial charge is 0.260 e. The summed E-state index contributed by atoms with van der Waals surface area (Å²) >= 11 is 5.65. The molecule has 5 nitrogen and oxygen atoms in total. The number of imide groups is 1. The lowest BCUT2D eigenvalue weighted by Gasteiger charge is -2.15. The molecule has 96 valence electrons. The highest BCUT2D eigenvalue weighted by Crippen LogP contribution is 2.45. The van der Waals surface area contributed by atoms with Crippen LogP contribution in [0, 0.1) is 11.8 Å². The molecule has 0 aromatic rings. The number of hydrogen-bond donors (Lipinski definition) is 0.